The Morgan fingerprint density at radius 2 is 1.69 bits per heavy atom. The molecule has 0 aliphatic heterocycles. The first-order valence-corrected chi connectivity index (χ1v) is 14.6. The molecule has 3 rings (SSSR count). The molecule has 3 fully saturated rings. The number of aliphatic hydroxyl groups excluding tert-OH is 1. The lowest BCUT2D eigenvalue weighted by molar-refractivity contribution is -0.288. The number of aliphatic hydroxyl groups is 2. The molecule has 0 bridgehead atoms. The molecule has 9 atom stereocenters. The molecule has 5 heteroatoms. The summed E-state index contributed by atoms with van der Waals surface area (Å²) in [6.45, 7) is 13.1. The molecule has 3 saturated carbocycles. The number of hydrogen-bond donors (Lipinski definition) is 2. The summed E-state index contributed by atoms with van der Waals surface area (Å²) < 4.78 is 41.0. The molecule has 0 spiro atoms. The maximum Gasteiger partial charge on any atom is 0.417 e. The molecule has 0 unspecified atom stereocenters. The SMILES string of the molecule is CCCC[C@H]1[C@H]([C@@H]2CC[C@H]([C@H](C)CC[C@H](O)C(C)(C)C)C2)CC[C@@H]2C[C@](O)(C(F)(F)F)CC[C@@]21C. The van der Waals surface area contributed by atoms with Gasteiger partial charge in [-0.2, -0.15) is 13.2 Å². The molecule has 2 nitrogen and oxygen atoms in total. The van der Waals surface area contributed by atoms with Crippen LogP contribution in [0.15, 0.2) is 0 Å². The van der Waals surface area contributed by atoms with E-state index in [2.05, 4.69) is 41.5 Å². The molecular formula is C30H53F3O2. The van der Waals surface area contributed by atoms with Crippen molar-refractivity contribution in [2.45, 2.75) is 143 Å². The zero-order valence-corrected chi connectivity index (χ0v) is 23.3. The van der Waals surface area contributed by atoms with Crippen molar-refractivity contribution in [2.75, 3.05) is 0 Å². The van der Waals surface area contributed by atoms with E-state index in [4.69, 9.17) is 0 Å². The summed E-state index contributed by atoms with van der Waals surface area (Å²) in [5, 5.41) is 21.0. The molecule has 0 amide bonds. The predicted molar refractivity (Wildman–Crippen MR) is 137 cm³/mol. The van der Waals surface area contributed by atoms with Crippen LogP contribution in [0.1, 0.15) is 125 Å². The van der Waals surface area contributed by atoms with Crippen LogP contribution >= 0.6 is 0 Å². The summed E-state index contributed by atoms with van der Waals surface area (Å²) in [4.78, 5) is 0. The highest BCUT2D eigenvalue weighted by molar-refractivity contribution is 5.06. The Kier molecular flexibility index (Phi) is 9.06. The molecule has 3 aliphatic rings. The fourth-order valence-electron chi connectivity index (χ4n) is 8.26. The zero-order valence-electron chi connectivity index (χ0n) is 23.3. The molecule has 0 aromatic rings. The molecule has 0 aromatic carbocycles. The fraction of sp³-hybridized carbons (Fsp3) is 1.00. The van der Waals surface area contributed by atoms with Crippen LogP contribution in [-0.4, -0.2) is 28.1 Å². The standard InChI is InChI=1S/C30H53F3O2/c1-7-8-9-25-24(14-13-23-19-29(35,30(31,32)33)17-16-28(23,25)6)22-12-11-21(18-22)20(2)10-15-26(34)27(3,4)5/h20-26,34-35H,7-19H2,1-6H3/t20-,21+,22-,23-,24+,25+,26+,28+,29+/m1/s1. The van der Waals surface area contributed by atoms with Gasteiger partial charge in [-0.1, -0.05) is 54.4 Å². The Hall–Kier alpha value is -0.290. The van der Waals surface area contributed by atoms with Gasteiger partial charge < -0.3 is 10.2 Å². The first kappa shape index (κ1) is 29.3. The lowest BCUT2D eigenvalue weighted by atomic mass is 9.48. The van der Waals surface area contributed by atoms with Crippen LogP contribution in [0, 0.1) is 46.3 Å². The van der Waals surface area contributed by atoms with E-state index < -0.39 is 11.8 Å². The van der Waals surface area contributed by atoms with Crippen molar-refractivity contribution in [2.24, 2.45) is 46.3 Å². The predicted octanol–water partition coefficient (Wildman–Crippen LogP) is 8.54. The molecular weight excluding hydrogens is 449 g/mol. The Labute approximate surface area is 212 Å². The Morgan fingerprint density at radius 1 is 1.00 bits per heavy atom. The molecule has 0 aromatic heterocycles. The van der Waals surface area contributed by atoms with Crippen LogP contribution in [0.5, 0.6) is 0 Å². The van der Waals surface area contributed by atoms with Gasteiger partial charge in [-0.3, -0.25) is 0 Å². The minimum Gasteiger partial charge on any atom is -0.393 e. The van der Waals surface area contributed by atoms with Crippen molar-refractivity contribution in [1.82, 2.24) is 0 Å². The smallest absolute Gasteiger partial charge is 0.393 e. The van der Waals surface area contributed by atoms with Gasteiger partial charge in [-0.05, 0) is 117 Å². The highest BCUT2D eigenvalue weighted by Crippen LogP contribution is 2.63. The van der Waals surface area contributed by atoms with Crippen LogP contribution in [0.3, 0.4) is 0 Å². The quantitative estimate of drug-likeness (QED) is 0.349. The van der Waals surface area contributed by atoms with Gasteiger partial charge in [0.15, 0.2) is 5.60 Å². The number of fused-ring (bicyclic) bond motifs is 1. The van der Waals surface area contributed by atoms with Gasteiger partial charge in [0.25, 0.3) is 0 Å². The van der Waals surface area contributed by atoms with Gasteiger partial charge in [0.05, 0.1) is 6.10 Å². The first-order valence-electron chi connectivity index (χ1n) is 14.6. The van der Waals surface area contributed by atoms with Crippen LogP contribution in [0.4, 0.5) is 13.2 Å². The molecule has 206 valence electrons. The second kappa shape index (κ2) is 10.8. The third kappa shape index (κ3) is 6.24. The van der Waals surface area contributed by atoms with Crippen molar-refractivity contribution in [3.05, 3.63) is 0 Å². The minimum absolute atomic E-state index is 0.0315. The topological polar surface area (TPSA) is 40.5 Å². The van der Waals surface area contributed by atoms with E-state index in [1.165, 1.54) is 19.3 Å². The van der Waals surface area contributed by atoms with Crippen LogP contribution in [0.25, 0.3) is 0 Å². The second-order valence-corrected chi connectivity index (χ2v) is 14.2. The van der Waals surface area contributed by atoms with Crippen LogP contribution < -0.4 is 0 Å². The summed E-state index contributed by atoms with van der Waals surface area (Å²) in [7, 11) is 0. The normalized spacial score (nSPS) is 40.4. The lowest BCUT2D eigenvalue weighted by Crippen LogP contribution is -2.57. The monoisotopic (exact) mass is 502 g/mol. The summed E-state index contributed by atoms with van der Waals surface area (Å²) in [5.41, 5.74) is -2.66. The number of unbranched alkanes of at least 4 members (excludes halogenated alkanes) is 1. The summed E-state index contributed by atoms with van der Waals surface area (Å²) in [6, 6.07) is 0. The lowest BCUT2D eigenvalue weighted by Gasteiger charge is -2.58. The third-order valence-electron chi connectivity index (χ3n) is 11.0. The average molecular weight is 503 g/mol. The van der Waals surface area contributed by atoms with Crippen molar-refractivity contribution in [3.63, 3.8) is 0 Å². The molecule has 3 aliphatic carbocycles. The molecule has 2 N–H and O–H groups in total. The molecule has 0 saturated heterocycles. The van der Waals surface area contributed by atoms with Gasteiger partial charge >= 0.3 is 6.18 Å². The molecule has 0 heterocycles. The van der Waals surface area contributed by atoms with Gasteiger partial charge in [0.2, 0.25) is 0 Å². The van der Waals surface area contributed by atoms with Crippen molar-refractivity contribution < 1.29 is 23.4 Å². The average Bonchev–Trinajstić information content (AvgIpc) is 3.25. The van der Waals surface area contributed by atoms with E-state index in [9.17, 15) is 23.4 Å². The summed E-state index contributed by atoms with van der Waals surface area (Å²) in [5.74, 6) is 3.03. The summed E-state index contributed by atoms with van der Waals surface area (Å²) >= 11 is 0. The van der Waals surface area contributed by atoms with Crippen LogP contribution in [-0.2, 0) is 0 Å². The number of halogens is 3. The number of alkyl halides is 3. The molecule has 0 radical (unpaired) electrons. The van der Waals surface area contributed by atoms with Crippen molar-refractivity contribution in [1.29, 1.82) is 0 Å². The third-order valence-corrected chi connectivity index (χ3v) is 11.0. The minimum atomic E-state index is -4.53. The van der Waals surface area contributed by atoms with Gasteiger partial charge in [0, 0.05) is 0 Å². The highest BCUT2D eigenvalue weighted by atomic mass is 19.4. The van der Waals surface area contributed by atoms with E-state index >= 15 is 0 Å². The van der Waals surface area contributed by atoms with E-state index in [1.807, 2.05) is 0 Å². The van der Waals surface area contributed by atoms with Crippen LogP contribution in [0.2, 0.25) is 0 Å². The Morgan fingerprint density at radius 3 is 2.29 bits per heavy atom. The van der Waals surface area contributed by atoms with E-state index in [-0.39, 0.29) is 35.7 Å². The number of rotatable bonds is 8. The highest BCUT2D eigenvalue weighted by Gasteiger charge is 2.62. The number of hydrogen-bond acceptors (Lipinski definition) is 2. The molecule has 35 heavy (non-hydrogen) atoms. The second-order valence-electron chi connectivity index (χ2n) is 14.2. The van der Waals surface area contributed by atoms with Crippen molar-refractivity contribution >= 4 is 0 Å². The fourth-order valence-corrected chi connectivity index (χ4v) is 8.26. The Bertz CT molecular complexity index is 686. The zero-order chi connectivity index (χ0) is 26.2. The maximum absolute atomic E-state index is 13.7. The van der Waals surface area contributed by atoms with Gasteiger partial charge in [-0.25, -0.2) is 0 Å². The van der Waals surface area contributed by atoms with E-state index in [1.54, 1.807) is 0 Å². The van der Waals surface area contributed by atoms with E-state index in [0.29, 0.717) is 36.0 Å². The van der Waals surface area contributed by atoms with Gasteiger partial charge in [0.1, 0.15) is 0 Å². The Balaban J connectivity index is 1.68. The van der Waals surface area contributed by atoms with E-state index in [0.717, 1.165) is 44.9 Å². The summed E-state index contributed by atoms with van der Waals surface area (Å²) in [6.07, 6.45) is 6.36. The van der Waals surface area contributed by atoms with Crippen molar-refractivity contribution in [3.8, 4) is 0 Å². The largest absolute Gasteiger partial charge is 0.417 e. The van der Waals surface area contributed by atoms with Gasteiger partial charge in [-0.15, -0.1) is 0 Å². The maximum atomic E-state index is 13.7. The first-order chi connectivity index (χ1) is 16.1.